The highest BCUT2D eigenvalue weighted by Crippen LogP contribution is 2.27. The predicted octanol–water partition coefficient (Wildman–Crippen LogP) is 3.09. The Bertz CT molecular complexity index is 299. The van der Waals surface area contributed by atoms with Gasteiger partial charge in [-0.1, -0.05) is 19.4 Å². The van der Waals surface area contributed by atoms with Crippen LogP contribution in [0, 0.1) is 0 Å². The monoisotopic (exact) mass is 239 g/mol. The summed E-state index contributed by atoms with van der Waals surface area (Å²) in [7, 11) is 0. The van der Waals surface area contributed by atoms with Crippen molar-refractivity contribution in [3.05, 3.63) is 22.4 Å². The van der Waals surface area contributed by atoms with E-state index in [0.717, 1.165) is 25.7 Å². The molecule has 0 amide bonds. The quantitative estimate of drug-likeness (QED) is 0.827. The molecule has 1 fully saturated rings. The van der Waals surface area contributed by atoms with Gasteiger partial charge in [0.2, 0.25) is 0 Å². The highest BCUT2D eigenvalue weighted by atomic mass is 32.1. The molecule has 1 saturated carbocycles. The predicted molar refractivity (Wildman–Crippen MR) is 68.7 cm³/mol. The van der Waals surface area contributed by atoms with E-state index in [1.165, 1.54) is 11.3 Å². The van der Waals surface area contributed by atoms with Crippen LogP contribution in [-0.2, 0) is 0 Å². The molecule has 90 valence electrons. The van der Waals surface area contributed by atoms with Crippen LogP contribution >= 0.6 is 11.3 Å². The maximum Gasteiger partial charge on any atom is 0.0693 e. The highest BCUT2D eigenvalue weighted by molar-refractivity contribution is 7.10. The Labute approximate surface area is 102 Å². The van der Waals surface area contributed by atoms with Crippen molar-refractivity contribution in [3.8, 4) is 0 Å². The van der Waals surface area contributed by atoms with Crippen LogP contribution in [0.25, 0.3) is 0 Å². The summed E-state index contributed by atoms with van der Waals surface area (Å²) >= 11 is 1.81. The molecule has 1 aromatic rings. The summed E-state index contributed by atoms with van der Waals surface area (Å²) in [6.45, 7) is 2.22. The molecular weight excluding hydrogens is 218 g/mol. The number of rotatable bonds is 5. The fraction of sp³-hybridized carbons (Fsp3) is 0.692. The summed E-state index contributed by atoms with van der Waals surface area (Å²) < 4.78 is 0. The standard InChI is InChI=1S/C13H21NOS/c1-2-5-11(13-8-4-9-16-13)14-10-6-3-7-12(10)15/h4,8-12,14-15H,2-3,5-7H2,1H3/t10-,11?,12-/m1/s1. The van der Waals surface area contributed by atoms with Gasteiger partial charge in [-0.2, -0.15) is 0 Å². The minimum Gasteiger partial charge on any atom is -0.392 e. The summed E-state index contributed by atoms with van der Waals surface area (Å²) in [6, 6.07) is 5.04. The maximum atomic E-state index is 9.84. The van der Waals surface area contributed by atoms with E-state index in [4.69, 9.17) is 0 Å². The van der Waals surface area contributed by atoms with Crippen LogP contribution in [0.5, 0.6) is 0 Å². The molecule has 0 spiro atoms. The zero-order valence-electron chi connectivity index (χ0n) is 9.86. The molecular formula is C13H21NOS. The van der Waals surface area contributed by atoms with Gasteiger partial charge in [0.15, 0.2) is 0 Å². The molecule has 0 aliphatic heterocycles. The molecule has 1 aliphatic rings. The van der Waals surface area contributed by atoms with Gasteiger partial charge in [-0.3, -0.25) is 0 Å². The summed E-state index contributed by atoms with van der Waals surface area (Å²) in [5.41, 5.74) is 0. The van der Waals surface area contributed by atoms with E-state index in [1.807, 2.05) is 11.3 Å². The molecule has 0 saturated heterocycles. The van der Waals surface area contributed by atoms with Gasteiger partial charge in [-0.15, -0.1) is 11.3 Å². The largest absolute Gasteiger partial charge is 0.392 e. The van der Waals surface area contributed by atoms with Gasteiger partial charge in [-0.25, -0.2) is 0 Å². The molecule has 16 heavy (non-hydrogen) atoms. The number of hydrogen-bond acceptors (Lipinski definition) is 3. The van der Waals surface area contributed by atoms with Crippen molar-refractivity contribution in [2.75, 3.05) is 0 Å². The van der Waals surface area contributed by atoms with Crippen LogP contribution in [0.4, 0.5) is 0 Å². The lowest BCUT2D eigenvalue weighted by Crippen LogP contribution is -2.38. The Hall–Kier alpha value is -0.380. The zero-order valence-corrected chi connectivity index (χ0v) is 10.7. The topological polar surface area (TPSA) is 32.3 Å². The van der Waals surface area contributed by atoms with E-state index < -0.39 is 0 Å². The van der Waals surface area contributed by atoms with E-state index in [-0.39, 0.29) is 6.10 Å². The molecule has 1 aliphatic carbocycles. The summed E-state index contributed by atoms with van der Waals surface area (Å²) in [5, 5.41) is 15.6. The van der Waals surface area contributed by atoms with Gasteiger partial charge in [0, 0.05) is 17.0 Å². The molecule has 1 heterocycles. The van der Waals surface area contributed by atoms with Crippen LogP contribution < -0.4 is 5.32 Å². The molecule has 0 radical (unpaired) electrons. The first-order valence-electron chi connectivity index (χ1n) is 6.28. The third kappa shape index (κ3) is 2.84. The number of nitrogens with one attached hydrogen (secondary N) is 1. The van der Waals surface area contributed by atoms with Crippen molar-refractivity contribution in [3.63, 3.8) is 0 Å². The SMILES string of the molecule is CCCC(N[C@@H]1CCC[C@H]1O)c1cccs1. The van der Waals surface area contributed by atoms with Gasteiger partial charge in [-0.05, 0) is 37.1 Å². The molecule has 3 heteroatoms. The van der Waals surface area contributed by atoms with Crippen molar-refractivity contribution >= 4 is 11.3 Å². The van der Waals surface area contributed by atoms with Gasteiger partial charge in [0.1, 0.15) is 0 Å². The van der Waals surface area contributed by atoms with E-state index in [2.05, 4.69) is 29.8 Å². The van der Waals surface area contributed by atoms with Gasteiger partial charge in [0.25, 0.3) is 0 Å². The molecule has 1 aromatic heterocycles. The van der Waals surface area contributed by atoms with E-state index >= 15 is 0 Å². The zero-order chi connectivity index (χ0) is 11.4. The van der Waals surface area contributed by atoms with Crippen LogP contribution in [0.2, 0.25) is 0 Å². The van der Waals surface area contributed by atoms with Gasteiger partial charge in [0.05, 0.1) is 6.10 Å². The van der Waals surface area contributed by atoms with Crippen LogP contribution in [0.15, 0.2) is 17.5 Å². The molecule has 2 nitrogen and oxygen atoms in total. The second-order valence-electron chi connectivity index (χ2n) is 4.63. The Morgan fingerprint density at radius 3 is 3.00 bits per heavy atom. The maximum absolute atomic E-state index is 9.84. The first-order valence-corrected chi connectivity index (χ1v) is 7.16. The van der Waals surface area contributed by atoms with E-state index in [0.29, 0.717) is 12.1 Å². The lowest BCUT2D eigenvalue weighted by atomic mass is 10.1. The fourth-order valence-electron chi connectivity index (χ4n) is 2.48. The molecule has 0 aromatic carbocycles. The van der Waals surface area contributed by atoms with Crippen LogP contribution in [-0.4, -0.2) is 17.3 Å². The summed E-state index contributed by atoms with van der Waals surface area (Å²) in [4.78, 5) is 1.40. The van der Waals surface area contributed by atoms with E-state index in [9.17, 15) is 5.11 Å². The summed E-state index contributed by atoms with van der Waals surface area (Å²) in [6.07, 6.45) is 5.43. The van der Waals surface area contributed by atoms with Crippen LogP contribution in [0.1, 0.15) is 49.9 Å². The molecule has 3 atom stereocenters. The number of aliphatic hydroxyl groups is 1. The van der Waals surface area contributed by atoms with Gasteiger partial charge < -0.3 is 10.4 Å². The Kier molecular flexibility index (Phi) is 4.38. The smallest absolute Gasteiger partial charge is 0.0693 e. The minimum atomic E-state index is -0.140. The lowest BCUT2D eigenvalue weighted by Gasteiger charge is -2.24. The van der Waals surface area contributed by atoms with Crippen molar-refractivity contribution in [1.82, 2.24) is 5.32 Å². The van der Waals surface area contributed by atoms with E-state index in [1.54, 1.807) is 0 Å². The molecule has 2 rings (SSSR count). The van der Waals surface area contributed by atoms with Crippen molar-refractivity contribution < 1.29 is 5.11 Å². The third-order valence-corrected chi connectivity index (χ3v) is 4.34. The minimum absolute atomic E-state index is 0.140. The number of thiophene rings is 1. The Morgan fingerprint density at radius 1 is 1.56 bits per heavy atom. The first kappa shape index (κ1) is 12.1. The fourth-order valence-corrected chi connectivity index (χ4v) is 3.30. The molecule has 0 bridgehead atoms. The van der Waals surface area contributed by atoms with Gasteiger partial charge >= 0.3 is 0 Å². The average molecular weight is 239 g/mol. The second kappa shape index (κ2) is 5.80. The van der Waals surface area contributed by atoms with Crippen molar-refractivity contribution in [2.24, 2.45) is 0 Å². The first-order chi connectivity index (χ1) is 7.81. The lowest BCUT2D eigenvalue weighted by molar-refractivity contribution is 0.142. The number of hydrogen-bond donors (Lipinski definition) is 2. The van der Waals surface area contributed by atoms with Crippen molar-refractivity contribution in [2.45, 2.75) is 57.2 Å². The van der Waals surface area contributed by atoms with Crippen molar-refractivity contribution in [1.29, 1.82) is 0 Å². The Balaban J connectivity index is 1.97. The number of aliphatic hydroxyl groups excluding tert-OH is 1. The third-order valence-electron chi connectivity index (χ3n) is 3.36. The summed E-state index contributed by atoms with van der Waals surface area (Å²) in [5.74, 6) is 0. The second-order valence-corrected chi connectivity index (χ2v) is 5.61. The molecule has 1 unspecified atom stereocenters. The normalized spacial score (nSPS) is 27.1. The Morgan fingerprint density at radius 2 is 2.44 bits per heavy atom. The highest BCUT2D eigenvalue weighted by Gasteiger charge is 2.27. The van der Waals surface area contributed by atoms with Crippen LogP contribution in [0.3, 0.4) is 0 Å². The molecule has 2 N–H and O–H groups in total. The average Bonchev–Trinajstić information content (AvgIpc) is 2.90.